The molecule has 0 aromatic rings. The predicted octanol–water partition coefficient (Wildman–Crippen LogP) is 2.52. The summed E-state index contributed by atoms with van der Waals surface area (Å²) in [6.07, 6.45) is 6.99. The highest BCUT2D eigenvalue weighted by atomic mass is 15.3. The van der Waals surface area contributed by atoms with E-state index in [1.807, 2.05) is 0 Å². The molecule has 0 amide bonds. The third kappa shape index (κ3) is 4.44. The number of piperazine rings is 1. The summed E-state index contributed by atoms with van der Waals surface area (Å²) in [4.78, 5) is 7.90. The normalized spacial score (nSPS) is 29.1. The van der Waals surface area contributed by atoms with Crippen LogP contribution in [-0.2, 0) is 0 Å². The lowest BCUT2D eigenvalue weighted by atomic mass is 9.92. The van der Waals surface area contributed by atoms with E-state index in [0.717, 1.165) is 18.0 Å². The average Bonchev–Trinajstić information content (AvgIpc) is 2.42. The summed E-state index contributed by atoms with van der Waals surface area (Å²) in [5.41, 5.74) is 0. The lowest BCUT2D eigenvalue weighted by Gasteiger charge is -2.50. The molecule has 0 spiro atoms. The van der Waals surface area contributed by atoms with Gasteiger partial charge in [-0.2, -0.15) is 0 Å². The van der Waals surface area contributed by atoms with Gasteiger partial charge in [-0.05, 0) is 65.3 Å². The van der Waals surface area contributed by atoms with E-state index in [1.54, 1.807) is 0 Å². The van der Waals surface area contributed by atoms with Crippen LogP contribution >= 0.6 is 0 Å². The largest absolute Gasteiger partial charge is 0.309 e. The zero-order valence-electron chi connectivity index (χ0n) is 14.1. The fourth-order valence-electron chi connectivity index (χ4n) is 3.90. The fraction of sp³-hybridized carbons (Fsp3) is 1.00. The third-order valence-electron chi connectivity index (χ3n) is 5.16. The summed E-state index contributed by atoms with van der Waals surface area (Å²) < 4.78 is 0. The molecule has 3 heteroatoms. The molecule has 0 N–H and O–H groups in total. The average molecular weight is 281 g/mol. The number of unbranched alkanes of at least 4 members (excludes halogenated alkanes) is 1. The van der Waals surface area contributed by atoms with Gasteiger partial charge in [-0.15, -0.1) is 0 Å². The first-order chi connectivity index (χ1) is 9.58. The van der Waals surface area contributed by atoms with Gasteiger partial charge in [0.2, 0.25) is 0 Å². The molecule has 2 unspecified atom stereocenters. The number of piperidine rings is 1. The van der Waals surface area contributed by atoms with Crippen LogP contribution in [0.1, 0.15) is 46.0 Å². The molecule has 2 rings (SSSR count). The number of hydrogen-bond acceptors (Lipinski definition) is 3. The van der Waals surface area contributed by atoms with Gasteiger partial charge >= 0.3 is 0 Å². The van der Waals surface area contributed by atoms with E-state index in [4.69, 9.17) is 0 Å². The maximum atomic E-state index is 2.81. The third-order valence-corrected chi connectivity index (χ3v) is 5.16. The molecule has 0 aromatic heterocycles. The van der Waals surface area contributed by atoms with E-state index in [2.05, 4.69) is 42.6 Å². The minimum Gasteiger partial charge on any atom is -0.309 e. The molecule has 2 aliphatic rings. The van der Waals surface area contributed by atoms with Crippen molar-refractivity contribution in [1.29, 1.82) is 0 Å². The Labute approximate surface area is 126 Å². The molecule has 0 bridgehead atoms. The van der Waals surface area contributed by atoms with E-state index >= 15 is 0 Å². The van der Waals surface area contributed by atoms with Crippen LogP contribution in [0.15, 0.2) is 0 Å². The summed E-state index contributed by atoms with van der Waals surface area (Å²) in [6.45, 7) is 11.3. The number of nitrogens with zero attached hydrogens (tertiary/aromatic N) is 3. The molecule has 2 saturated heterocycles. The maximum absolute atomic E-state index is 2.81. The Morgan fingerprint density at radius 1 is 1.10 bits per heavy atom. The topological polar surface area (TPSA) is 9.72 Å². The second-order valence-electron chi connectivity index (χ2n) is 7.46. The Kier molecular flexibility index (Phi) is 6.31. The summed E-state index contributed by atoms with van der Waals surface area (Å²) in [5, 5.41) is 0. The van der Waals surface area contributed by atoms with Crippen LogP contribution < -0.4 is 0 Å². The van der Waals surface area contributed by atoms with Crippen molar-refractivity contribution in [3.05, 3.63) is 0 Å². The van der Waals surface area contributed by atoms with Gasteiger partial charge in [0.15, 0.2) is 0 Å². The van der Waals surface area contributed by atoms with Crippen molar-refractivity contribution in [2.45, 2.75) is 58.0 Å². The van der Waals surface area contributed by atoms with E-state index in [9.17, 15) is 0 Å². The summed E-state index contributed by atoms with van der Waals surface area (Å²) >= 11 is 0. The highest BCUT2D eigenvalue weighted by molar-refractivity contribution is 4.91. The van der Waals surface area contributed by atoms with Crippen LogP contribution in [0.25, 0.3) is 0 Å². The zero-order valence-corrected chi connectivity index (χ0v) is 14.1. The molecule has 2 heterocycles. The molecule has 2 aliphatic heterocycles. The quantitative estimate of drug-likeness (QED) is 0.693. The van der Waals surface area contributed by atoms with Gasteiger partial charge in [0.1, 0.15) is 0 Å². The summed E-state index contributed by atoms with van der Waals surface area (Å²) in [6, 6.07) is 1.64. The second kappa shape index (κ2) is 7.77. The van der Waals surface area contributed by atoms with Crippen LogP contribution in [0.2, 0.25) is 0 Å². The number of rotatable bonds is 6. The first-order valence-corrected chi connectivity index (χ1v) is 8.70. The molecule has 0 aromatic carbocycles. The van der Waals surface area contributed by atoms with Crippen LogP contribution in [-0.4, -0.2) is 73.6 Å². The number of fused-ring (bicyclic) bond motifs is 1. The molecule has 3 nitrogen and oxygen atoms in total. The minimum atomic E-state index is 0.781. The SMILES string of the molecule is CC(C)C1CN2CCCCC2CN1CCCCN(C)C. The van der Waals surface area contributed by atoms with Gasteiger partial charge in [-0.3, -0.25) is 9.80 Å². The van der Waals surface area contributed by atoms with Gasteiger partial charge in [-0.1, -0.05) is 20.3 Å². The Morgan fingerprint density at radius 3 is 2.60 bits per heavy atom. The van der Waals surface area contributed by atoms with Gasteiger partial charge in [-0.25, -0.2) is 0 Å². The van der Waals surface area contributed by atoms with Gasteiger partial charge < -0.3 is 4.90 Å². The van der Waals surface area contributed by atoms with Crippen LogP contribution in [0.3, 0.4) is 0 Å². The van der Waals surface area contributed by atoms with Crippen molar-refractivity contribution in [1.82, 2.24) is 14.7 Å². The lowest BCUT2D eigenvalue weighted by molar-refractivity contribution is -0.00816. The van der Waals surface area contributed by atoms with Crippen molar-refractivity contribution in [2.75, 3.05) is 46.8 Å². The second-order valence-corrected chi connectivity index (χ2v) is 7.46. The molecule has 0 radical (unpaired) electrons. The molecule has 2 atom stereocenters. The highest BCUT2D eigenvalue weighted by Gasteiger charge is 2.35. The molecule has 0 saturated carbocycles. The maximum Gasteiger partial charge on any atom is 0.0246 e. The first-order valence-electron chi connectivity index (χ1n) is 8.70. The smallest absolute Gasteiger partial charge is 0.0246 e. The van der Waals surface area contributed by atoms with Gasteiger partial charge in [0.05, 0.1) is 0 Å². The van der Waals surface area contributed by atoms with Gasteiger partial charge in [0.25, 0.3) is 0 Å². The van der Waals surface area contributed by atoms with E-state index < -0.39 is 0 Å². The van der Waals surface area contributed by atoms with Crippen molar-refractivity contribution >= 4 is 0 Å². The molecule has 0 aliphatic carbocycles. The van der Waals surface area contributed by atoms with E-state index in [-0.39, 0.29) is 0 Å². The first kappa shape index (κ1) is 16.3. The van der Waals surface area contributed by atoms with Crippen molar-refractivity contribution in [3.8, 4) is 0 Å². The number of hydrogen-bond donors (Lipinski definition) is 0. The molecule has 20 heavy (non-hydrogen) atoms. The summed E-state index contributed by atoms with van der Waals surface area (Å²) in [5.74, 6) is 0.784. The van der Waals surface area contributed by atoms with Crippen molar-refractivity contribution < 1.29 is 0 Å². The van der Waals surface area contributed by atoms with E-state index in [0.29, 0.717) is 0 Å². The van der Waals surface area contributed by atoms with Crippen molar-refractivity contribution in [3.63, 3.8) is 0 Å². The minimum absolute atomic E-state index is 0.781. The Hall–Kier alpha value is -0.120. The Morgan fingerprint density at radius 2 is 1.90 bits per heavy atom. The highest BCUT2D eigenvalue weighted by Crippen LogP contribution is 2.27. The van der Waals surface area contributed by atoms with Crippen LogP contribution in [0.4, 0.5) is 0 Å². The summed E-state index contributed by atoms with van der Waals surface area (Å²) in [7, 11) is 4.36. The Balaban J connectivity index is 1.84. The van der Waals surface area contributed by atoms with E-state index in [1.165, 1.54) is 64.8 Å². The molecule has 118 valence electrons. The Bertz CT molecular complexity index is 277. The standard InChI is InChI=1S/C17H35N3/c1-15(2)17-14-19-11-6-5-9-16(19)13-20(17)12-8-7-10-18(3)4/h15-17H,5-14H2,1-4H3. The van der Waals surface area contributed by atoms with Crippen molar-refractivity contribution in [2.24, 2.45) is 5.92 Å². The predicted molar refractivity (Wildman–Crippen MR) is 87.2 cm³/mol. The lowest BCUT2D eigenvalue weighted by Crippen LogP contribution is -2.61. The molecular formula is C17H35N3. The van der Waals surface area contributed by atoms with Gasteiger partial charge in [0, 0.05) is 25.2 Å². The van der Waals surface area contributed by atoms with Crippen LogP contribution in [0, 0.1) is 5.92 Å². The fourth-order valence-corrected chi connectivity index (χ4v) is 3.90. The van der Waals surface area contributed by atoms with Crippen LogP contribution in [0.5, 0.6) is 0 Å². The molecule has 2 fully saturated rings. The molecular weight excluding hydrogens is 246 g/mol. The monoisotopic (exact) mass is 281 g/mol. The zero-order chi connectivity index (χ0) is 14.5.